The number of likely N-dealkylation sites (tertiary alicyclic amines) is 1. The number of nitrogens with zero attached hydrogens (tertiary/aromatic N) is 4. The zero-order valence-electron chi connectivity index (χ0n) is 16.1. The molecule has 0 N–H and O–H groups in total. The normalized spacial score (nSPS) is 18.3. The second-order valence-corrected chi connectivity index (χ2v) is 8.89. The predicted molar refractivity (Wildman–Crippen MR) is 103 cm³/mol. The van der Waals surface area contributed by atoms with Gasteiger partial charge < -0.3 is 4.90 Å². The summed E-state index contributed by atoms with van der Waals surface area (Å²) in [6, 6.07) is 6.49. The first-order valence-corrected chi connectivity index (χ1v) is 10.8. The molecule has 1 amide bonds. The number of amides is 1. The molecule has 0 bridgehead atoms. The number of aryl methyl sites for hydroxylation is 1. The van der Waals surface area contributed by atoms with Crippen molar-refractivity contribution < 1.29 is 17.6 Å². The Kier molecular flexibility index (Phi) is 6.14. The van der Waals surface area contributed by atoms with Gasteiger partial charge in [-0.05, 0) is 50.5 Å². The van der Waals surface area contributed by atoms with Gasteiger partial charge in [0.2, 0.25) is 10.0 Å². The summed E-state index contributed by atoms with van der Waals surface area (Å²) in [5, 5.41) is 4.14. The van der Waals surface area contributed by atoms with Gasteiger partial charge in [0.15, 0.2) is 0 Å². The van der Waals surface area contributed by atoms with Gasteiger partial charge in [-0.15, -0.1) is 0 Å². The van der Waals surface area contributed by atoms with Crippen molar-refractivity contribution in [2.45, 2.75) is 43.7 Å². The van der Waals surface area contributed by atoms with Gasteiger partial charge in [-0.3, -0.25) is 9.48 Å². The van der Waals surface area contributed by atoms with Crippen LogP contribution in [0.2, 0.25) is 0 Å². The van der Waals surface area contributed by atoms with E-state index in [2.05, 4.69) is 5.10 Å². The molecule has 152 valence electrons. The van der Waals surface area contributed by atoms with Crippen molar-refractivity contribution in [3.63, 3.8) is 0 Å². The average Bonchev–Trinajstić information content (AvgIpc) is 3.03. The minimum atomic E-state index is -3.79. The molecule has 1 atom stereocenters. The quantitative estimate of drug-likeness (QED) is 0.761. The van der Waals surface area contributed by atoms with Gasteiger partial charge in [0.25, 0.3) is 5.91 Å². The van der Waals surface area contributed by atoms with Gasteiger partial charge >= 0.3 is 0 Å². The molecule has 1 saturated heterocycles. The van der Waals surface area contributed by atoms with Crippen LogP contribution in [0, 0.1) is 5.82 Å². The monoisotopic (exact) mass is 408 g/mol. The van der Waals surface area contributed by atoms with Crippen molar-refractivity contribution in [2.75, 3.05) is 20.1 Å². The summed E-state index contributed by atoms with van der Waals surface area (Å²) in [4.78, 5) is 14.5. The van der Waals surface area contributed by atoms with Crippen LogP contribution in [0.3, 0.4) is 0 Å². The lowest BCUT2D eigenvalue weighted by atomic mass is 10.1. The zero-order chi connectivity index (χ0) is 20.3. The fourth-order valence-electron chi connectivity index (χ4n) is 3.56. The number of rotatable bonds is 5. The molecule has 1 aromatic heterocycles. The molecule has 0 aliphatic carbocycles. The zero-order valence-corrected chi connectivity index (χ0v) is 16.9. The standard InChI is InChI=1S/C19H25FN4O3S/c1-3-24-18(9-11-21-24)19(25)23-12-5-7-16(10-13-23)22(2)28(26,27)17-8-4-6-15(20)14-17/h4,6,8-9,11,14,16H,3,5,7,10,12-13H2,1-2H3/t16-/m1/s1. The van der Waals surface area contributed by atoms with Crippen molar-refractivity contribution in [1.82, 2.24) is 19.0 Å². The summed E-state index contributed by atoms with van der Waals surface area (Å²) in [6.45, 7) is 3.56. The van der Waals surface area contributed by atoms with Gasteiger partial charge in [-0.1, -0.05) is 6.07 Å². The first-order chi connectivity index (χ1) is 13.3. The minimum Gasteiger partial charge on any atom is -0.337 e. The van der Waals surface area contributed by atoms with Crippen LogP contribution in [0.1, 0.15) is 36.7 Å². The molecule has 28 heavy (non-hydrogen) atoms. The van der Waals surface area contributed by atoms with E-state index in [4.69, 9.17) is 0 Å². The van der Waals surface area contributed by atoms with E-state index in [1.807, 2.05) is 6.92 Å². The summed E-state index contributed by atoms with van der Waals surface area (Å²) in [7, 11) is -2.27. The molecular formula is C19H25FN4O3S. The molecule has 7 nitrogen and oxygen atoms in total. The van der Waals surface area contributed by atoms with Crippen molar-refractivity contribution in [1.29, 1.82) is 0 Å². The molecule has 3 rings (SSSR count). The molecule has 2 heterocycles. The Hall–Kier alpha value is -2.26. The highest BCUT2D eigenvalue weighted by Gasteiger charge is 2.31. The third-order valence-electron chi connectivity index (χ3n) is 5.21. The van der Waals surface area contributed by atoms with Crippen LogP contribution in [-0.4, -0.2) is 59.5 Å². The highest BCUT2D eigenvalue weighted by Crippen LogP contribution is 2.24. The van der Waals surface area contributed by atoms with Crippen molar-refractivity contribution in [3.05, 3.63) is 48.0 Å². The lowest BCUT2D eigenvalue weighted by Gasteiger charge is -2.26. The lowest BCUT2D eigenvalue weighted by molar-refractivity contribution is 0.0747. The minimum absolute atomic E-state index is 0.0565. The van der Waals surface area contributed by atoms with Crippen LogP contribution in [0.5, 0.6) is 0 Å². The molecule has 1 aromatic carbocycles. The van der Waals surface area contributed by atoms with Crippen LogP contribution >= 0.6 is 0 Å². The molecule has 0 unspecified atom stereocenters. The van der Waals surface area contributed by atoms with Gasteiger partial charge in [0.05, 0.1) is 4.90 Å². The van der Waals surface area contributed by atoms with Gasteiger partial charge in [0, 0.05) is 38.9 Å². The molecule has 2 aromatic rings. The van der Waals surface area contributed by atoms with Gasteiger partial charge in [-0.25, -0.2) is 12.8 Å². The van der Waals surface area contributed by atoms with Crippen LogP contribution < -0.4 is 0 Å². The number of aromatic nitrogens is 2. The highest BCUT2D eigenvalue weighted by molar-refractivity contribution is 7.89. The molecule has 1 aliphatic heterocycles. The summed E-state index contributed by atoms with van der Waals surface area (Å²) >= 11 is 0. The maximum absolute atomic E-state index is 13.5. The van der Waals surface area contributed by atoms with E-state index in [0.717, 1.165) is 6.07 Å². The smallest absolute Gasteiger partial charge is 0.272 e. The summed E-state index contributed by atoms with van der Waals surface area (Å²) in [6.07, 6.45) is 3.47. The molecule has 0 saturated carbocycles. The first kappa shape index (κ1) is 20.5. The van der Waals surface area contributed by atoms with E-state index in [1.54, 1.807) is 21.8 Å². The van der Waals surface area contributed by atoms with E-state index in [-0.39, 0.29) is 16.8 Å². The highest BCUT2D eigenvalue weighted by atomic mass is 32.2. The SMILES string of the molecule is CCn1nccc1C(=O)N1CCC[C@@H](N(C)S(=O)(=O)c2cccc(F)c2)CC1. The van der Waals surface area contributed by atoms with Gasteiger partial charge in [0.1, 0.15) is 11.5 Å². The molecule has 1 aliphatic rings. The van der Waals surface area contributed by atoms with Crippen LogP contribution in [0.4, 0.5) is 4.39 Å². The molecule has 0 radical (unpaired) electrons. The summed E-state index contributed by atoms with van der Waals surface area (Å²) in [5.74, 6) is -0.671. The van der Waals surface area contributed by atoms with Crippen molar-refractivity contribution in [2.24, 2.45) is 0 Å². The third kappa shape index (κ3) is 4.10. The number of carbonyl (C=O) groups excluding carboxylic acids is 1. The number of hydrogen-bond donors (Lipinski definition) is 0. The molecule has 0 spiro atoms. The Labute approximate surface area is 164 Å². The molecular weight excluding hydrogens is 383 g/mol. The largest absolute Gasteiger partial charge is 0.337 e. The van der Waals surface area contributed by atoms with E-state index in [1.165, 1.54) is 29.6 Å². The fourth-order valence-corrected chi connectivity index (χ4v) is 5.01. The second-order valence-electron chi connectivity index (χ2n) is 6.89. The summed E-state index contributed by atoms with van der Waals surface area (Å²) < 4.78 is 42.1. The Morgan fingerprint density at radius 1 is 1.29 bits per heavy atom. The number of carbonyl (C=O) groups is 1. The van der Waals surface area contributed by atoms with E-state index in [0.29, 0.717) is 44.6 Å². The Balaban J connectivity index is 1.72. The van der Waals surface area contributed by atoms with Crippen LogP contribution in [-0.2, 0) is 16.6 Å². The maximum Gasteiger partial charge on any atom is 0.272 e. The fraction of sp³-hybridized carbons (Fsp3) is 0.474. The second kappa shape index (κ2) is 8.40. The van der Waals surface area contributed by atoms with Crippen LogP contribution in [0.25, 0.3) is 0 Å². The Morgan fingerprint density at radius 2 is 2.07 bits per heavy atom. The average molecular weight is 408 g/mol. The predicted octanol–water partition coefficient (Wildman–Crippen LogP) is 2.36. The Bertz CT molecular complexity index is 944. The van der Waals surface area contributed by atoms with E-state index >= 15 is 0 Å². The van der Waals surface area contributed by atoms with Crippen LogP contribution in [0.15, 0.2) is 41.4 Å². The van der Waals surface area contributed by atoms with Crippen molar-refractivity contribution in [3.8, 4) is 0 Å². The van der Waals surface area contributed by atoms with Crippen molar-refractivity contribution >= 4 is 15.9 Å². The lowest BCUT2D eigenvalue weighted by Crippen LogP contribution is -2.38. The van der Waals surface area contributed by atoms with E-state index < -0.39 is 15.8 Å². The molecule has 1 fully saturated rings. The number of sulfonamides is 1. The number of benzene rings is 1. The summed E-state index contributed by atoms with van der Waals surface area (Å²) in [5.41, 5.74) is 0.543. The third-order valence-corrected chi connectivity index (χ3v) is 7.11. The number of hydrogen-bond acceptors (Lipinski definition) is 4. The number of halogens is 1. The first-order valence-electron chi connectivity index (χ1n) is 9.39. The van der Waals surface area contributed by atoms with E-state index in [9.17, 15) is 17.6 Å². The van der Waals surface area contributed by atoms with Gasteiger partial charge in [-0.2, -0.15) is 9.40 Å². The Morgan fingerprint density at radius 3 is 2.79 bits per heavy atom. The molecule has 9 heteroatoms. The maximum atomic E-state index is 13.5. The topological polar surface area (TPSA) is 75.5 Å².